The molecule has 0 heterocycles. The van der Waals surface area contributed by atoms with E-state index in [9.17, 15) is 9.59 Å². The first-order valence-electron chi connectivity index (χ1n) is 7.36. The van der Waals surface area contributed by atoms with E-state index in [1.165, 1.54) is 5.56 Å². The molecule has 0 saturated heterocycles. The minimum absolute atomic E-state index is 0.353. The van der Waals surface area contributed by atoms with Crippen molar-refractivity contribution in [2.75, 3.05) is 5.32 Å². The molecule has 1 amide bonds. The molecule has 1 unspecified atom stereocenters. The third kappa shape index (κ3) is 4.79. The van der Waals surface area contributed by atoms with Crippen molar-refractivity contribution in [3.8, 4) is 0 Å². The first-order valence-corrected chi connectivity index (χ1v) is 8.44. The third-order valence-electron chi connectivity index (χ3n) is 3.38. The van der Waals surface area contributed by atoms with Gasteiger partial charge in [-0.3, -0.25) is 4.79 Å². The SMILES string of the molecule is CCc1ccc(NC(=O)C(C)OC(=O)c2ccccc2I)cc1. The highest BCUT2D eigenvalue weighted by molar-refractivity contribution is 14.1. The number of amides is 1. The second kappa shape index (κ2) is 8.10. The molecule has 1 atom stereocenters. The molecule has 1 N–H and O–H groups in total. The summed E-state index contributed by atoms with van der Waals surface area (Å²) in [6.45, 7) is 3.63. The lowest BCUT2D eigenvalue weighted by atomic mass is 10.1. The number of benzene rings is 2. The summed E-state index contributed by atoms with van der Waals surface area (Å²) >= 11 is 2.06. The van der Waals surface area contributed by atoms with Crippen LogP contribution in [0.3, 0.4) is 0 Å². The predicted octanol–water partition coefficient (Wildman–Crippen LogP) is 4.04. The molecule has 2 rings (SSSR count). The zero-order chi connectivity index (χ0) is 16.8. The van der Waals surface area contributed by atoms with Gasteiger partial charge < -0.3 is 10.1 Å². The van der Waals surface area contributed by atoms with Crippen molar-refractivity contribution in [1.82, 2.24) is 0 Å². The van der Waals surface area contributed by atoms with E-state index in [1.54, 1.807) is 19.1 Å². The van der Waals surface area contributed by atoms with Crippen molar-refractivity contribution in [3.63, 3.8) is 0 Å². The number of aryl methyl sites for hydroxylation is 1. The number of carbonyl (C=O) groups excluding carboxylic acids is 2. The number of esters is 1. The lowest BCUT2D eigenvalue weighted by Crippen LogP contribution is -2.30. The molecule has 0 spiro atoms. The van der Waals surface area contributed by atoms with Gasteiger partial charge in [-0.15, -0.1) is 0 Å². The van der Waals surface area contributed by atoms with Crippen molar-refractivity contribution in [1.29, 1.82) is 0 Å². The van der Waals surface area contributed by atoms with Crippen LogP contribution in [0.1, 0.15) is 29.8 Å². The van der Waals surface area contributed by atoms with Gasteiger partial charge in [0.05, 0.1) is 5.56 Å². The van der Waals surface area contributed by atoms with Crippen molar-refractivity contribution in [2.45, 2.75) is 26.4 Å². The number of ether oxygens (including phenoxy) is 1. The molecule has 0 aliphatic rings. The number of hydrogen-bond donors (Lipinski definition) is 1. The maximum atomic E-state index is 12.1. The Hall–Kier alpha value is -1.89. The number of hydrogen-bond acceptors (Lipinski definition) is 3. The van der Waals surface area contributed by atoms with Crippen LogP contribution in [0.5, 0.6) is 0 Å². The van der Waals surface area contributed by atoms with Crippen molar-refractivity contribution >= 4 is 40.2 Å². The van der Waals surface area contributed by atoms with Crippen LogP contribution in [0.2, 0.25) is 0 Å². The van der Waals surface area contributed by atoms with Crippen molar-refractivity contribution in [3.05, 3.63) is 63.2 Å². The summed E-state index contributed by atoms with van der Waals surface area (Å²) in [5.41, 5.74) is 2.34. The summed E-state index contributed by atoms with van der Waals surface area (Å²) in [7, 11) is 0. The minimum Gasteiger partial charge on any atom is -0.449 e. The van der Waals surface area contributed by atoms with Crippen LogP contribution in [-0.4, -0.2) is 18.0 Å². The summed E-state index contributed by atoms with van der Waals surface area (Å²) in [5, 5.41) is 2.75. The number of rotatable bonds is 5. The van der Waals surface area contributed by atoms with Crippen LogP contribution in [0.25, 0.3) is 0 Å². The average Bonchev–Trinajstić information content (AvgIpc) is 2.55. The van der Waals surface area contributed by atoms with E-state index in [1.807, 2.05) is 36.4 Å². The van der Waals surface area contributed by atoms with Crippen LogP contribution in [0.4, 0.5) is 5.69 Å². The molecular weight excluding hydrogens is 405 g/mol. The first kappa shape index (κ1) is 17.5. The summed E-state index contributed by atoms with van der Waals surface area (Å²) in [5.74, 6) is -0.854. The normalized spacial score (nSPS) is 11.6. The fraction of sp³-hybridized carbons (Fsp3) is 0.222. The molecule has 0 aliphatic heterocycles. The Kier molecular flexibility index (Phi) is 6.15. The fourth-order valence-corrected chi connectivity index (χ4v) is 2.58. The van der Waals surface area contributed by atoms with E-state index in [2.05, 4.69) is 34.8 Å². The fourth-order valence-electron chi connectivity index (χ4n) is 1.97. The molecule has 120 valence electrons. The topological polar surface area (TPSA) is 55.4 Å². The van der Waals surface area contributed by atoms with Crippen LogP contribution in [-0.2, 0) is 16.0 Å². The second-order valence-electron chi connectivity index (χ2n) is 5.07. The van der Waals surface area contributed by atoms with Gasteiger partial charge in [0.15, 0.2) is 6.10 Å². The van der Waals surface area contributed by atoms with Gasteiger partial charge >= 0.3 is 5.97 Å². The Labute approximate surface area is 149 Å². The molecule has 0 aliphatic carbocycles. The Balaban J connectivity index is 1.96. The molecule has 2 aromatic rings. The highest BCUT2D eigenvalue weighted by atomic mass is 127. The van der Waals surface area contributed by atoms with Gasteiger partial charge in [0.2, 0.25) is 0 Å². The summed E-state index contributed by atoms with van der Waals surface area (Å²) in [4.78, 5) is 24.2. The number of anilines is 1. The van der Waals surface area contributed by atoms with Gasteiger partial charge in [0, 0.05) is 9.26 Å². The number of halogens is 1. The zero-order valence-electron chi connectivity index (χ0n) is 13.0. The predicted molar refractivity (Wildman–Crippen MR) is 98.5 cm³/mol. The van der Waals surface area contributed by atoms with E-state index in [0.29, 0.717) is 11.3 Å². The molecule has 2 aromatic carbocycles. The Morgan fingerprint density at radius 3 is 2.39 bits per heavy atom. The highest BCUT2D eigenvalue weighted by Gasteiger charge is 2.20. The lowest BCUT2D eigenvalue weighted by molar-refractivity contribution is -0.123. The summed E-state index contributed by atoms with van der Waals surface area (Å²) < 4.78 is 6.03. The average molecular weight is 423 g/mol. The Morgan fingerprint density at radius 1 is 1.13 bits per heavy atom. The van der Waals surface area contributed by atoms with Crippen molar-refractivity contribution < 1.29 is 14.3 Å². The Bertz CT molecular complexity index is 698. The molecule has 0 radical (unpaired) electrons. The largest absolute Gasteiger partial charge is 0.449 e. The zero-order valence-corrected chi connectivity index (χ0v) is 15.2. The first-order chi connectivity index (χ1) is 11.0. The van der Waals surface area contributed by atoms with E-state index in [0.717, 1.165) is 9.99 Å². The molecule has 0 bridgehead atoms. The molecule has 5 heteroatoms. The third-order valence-corrected chi connectivity index (χ3v) is 4.32. The van der Waals surface area contributed by atoms with Crippen LogP contribution in [0.15, 0.2) is 48.5 Å². The maximum absolute atomic E-state index is 12.1. The number of nitrogens with one attached hydrogen (secondary N) is 1. The van der Waals surface area contributed by atoms with Crippen LogP contribution >= 0.6 is 22.6 Å². The molecule has 0 saturated carbocycles. The molecule has 0 aromatic heterocycles. The quantitative estimate of drug-likeness (QED) is 0.584. The van der Waals surface area contributed by atoms with Gasteiger partial charge in [-0.1, -0.05) is 31.2 Å². The molecule has 23 heavy (non-hydrogen) atoms. The summed E-state index contributed by atoms with van der Waals surface area (Å²) in [6.07, 6.45) is 0.0714. The van der Waals surface area contributed by atoms with E-state index in [4.69, 9.17) is 4.74 Å². The Morgan fingerprint density at radius 2 is 1.78 bits per heavy atom. The van der Waals surface area contributed by atoms with Gasteiger partial charge in [0.1, 0.15) is 0 Å². The van der Waals surface area contributed by atoms with Crippen LogP contribution in [0, 0.1) is 3.57 Å². The molecule has 4 nitrogen and oxygen atoms in total. The monoisotopic (exact) mass is 423 g/mol. The van der Waals surface area contributed by atoms with Gasteiger partial charge in [-0.25, -0.2) is 4.79 Å². The number of carbonyl (C=O) groups is 2. The summed E-state index contributed by atoms with van der Waals surface area (Å²) in [6, 6.07) is 14.7. The molecule has 0 fully saturated rings. The van der Waals surface area contributed by atoms with E-state index < -0.39 is 12.1 Å². The standard InChI is InChI=1S/C18H18INO3/c1-3-13-8-10-14(11-9-13)20-17(21)12(2)23-18(22)15-6-4-5-7-16(15)19/h4-12H,3H2,1-2H3,(H,20,21). The van der Waals surface area contributed by atoms with E-state index in [-0.39, 0.29) is 5.91 Å². The van der Waals surface area contributed by atoms with Gasteiger partial charge in [0.25, 0.3) is 5.91 Å². The highest BCUT2D eigenvalue weighted by Crippen LogP contribution is 2.15. The van der Waals surface area contributed by atoms with Gasteiger partial charge in [-0.2, -0.15) is 0 Å². The molecular formula is C18H18INO3. The lowest BCUT2D eigenvalue weighted by Gasteiger charge is -2.14. The van der Waals surface area contributed by atoms with Crippen molar-refractivity contribution in [2.24, 2.45) is 0 Å². The maximum Gasteiger partial charge on any atom is 0.339 e. The van der Waals surface area contributed by atoms with E-state index >= 15 is 0 Å². The smallest absolute Gasteiger partial charge is 0.339 e. The second-order valence-corrected chi connectivity index (χ2v) is 6.23. The van der Waals surface area contributed by atoms with Gasteiger partial charge in [-0.05, 0) is 65.8 Å². The minimum atomic E-state index is -0.871. The van der Waals surface area contributed by atoms with Crippen LogP contribution < -0.4 is 5.32 Å².